The van der Waals surface area contributed by atoms with E-state index in [9.17, 15) is 13.2 Å². The Bertz CT molecular complexity index is 781. The Morgan fingerprint density at radius 1 is 1.46 bits per heavy atom. The van der Waals surface area contributed by atoms with Crippen LogP contribution < -0.4 is 0 Å². The van der Waals surface area contributed by atoms with E-state index < -0.39 is 12.1 Å². The van der Waals surface area contributed by atoms with E-state index in [2.05, 4.69) is 31.9 Å². The smallest absolute Gasteiger partial charge is 0.475 e. The average molecular weight is 419 g/mol. The van der Waals surface area contributed by atoms with Crippen molar-refractivity contribution in [3.63, 3.8) is 0 Å². The van der Waals surface area contributed by atoms with Gasteiger partial charge in [-0.1, -0.05) is 5.16 Å². The van der Waals surface area contributed by atoms with Crippen molar-refractivity contribution in [2.45, 2.75) is 44.7 Å². The van der Waals surface area contributed by atoms with Gasteiger partial charge in [-0.05, 0) is 54.6 Å². The van der Waals surface area contributed by atoms with Gasteiger partial charge in [-0.3, -0.25) is 4.90 Å². The van der Waals surface area contributed by atoms with Crippen molar-refractivity contribution in [1.82, 2.24) is 15.0 Å². The highest BCUT2D eigenvalue weighted by Gasteiger charge is 2.41. The van der Waals surface area contributed by atoms with E-state index in [1.165, 1.54) is 12.0 Å². The molecule has 11 heteroatoms. The molecule has 28 heavy (non-hydrogen) atoms. The molecule has 0 amide bonds. The second-order valence-electron chi connectivity index (χ2n) is 6.80. The van der Waals surface area contributed by atoms with Crippen molar-refractivity contribution >= 4 is 17.3 Å². The predicted molar refractivity (Wildman–Crippen MR) is 92.7 cm³/mol. The zero-order chi connectivity index (χ0) is 20.3. The van der Waals surface area contributed by atoms with Crippen molar-refractivity contribution in [2.24, 2.45) is 5.92 Å². The molecule has 2 saturated heterocycles. The van der Waals surface area contributed by atoms with Crippen LogP contribution in [-0.2, 0) is 16.1 Å². The molecule has 1 N–H and O–H groups in total. The number of carboxylic acid groups (broad SMARTS) is 1. The van der Waals surface area contributed by atoms with Gasteiger partial charge in [0.15, 0.2) is 5.82 Å². The normalized spacial score (nSPS) is 25.1. The Hall–Kier alpha value is -1.98. The van der Waals surface area contributed by atoms with E-state index in [0.29, 0.717) is 23.7 Å². The van der Waals surface area contributed by atoms with Gasteiger partial charge in [0.1, 0.15) is 6.10 Å². The average Bonchev–Trinajstić information content (AvgIpc) is 3.34. The predicted octanol–water partition coefficient (Wildman–Crippen LogP) is 3.42. The number of hydrogen-bond acceptors (Lipinski definition) is 7. The van der Waals surface area contributed by atoms with E-state index in [-0.39, 0.29) is 6.10 Å². The summed E-state index contributed by atoms with van der Waals surface area (Å²) in [6.45, 7) is 5.03. The fraction of sp³-hybridized carbons (Fsp3) is 0.588. The van der Waals surface area contributed by atoms with E-state index >= 15 is 0 Å². The van der Waals surface area contributed by atoms with Gasteiger partial charge in [-0.2, -0.15) is 29.5 Å². The standard InChI is InChI=1S/C15H19N3O2S.C2HF3O2/c1-10-16-15(20-17-10)13-6-12-2-4-18(8-14(12)19-13)7-11-3-5-21-9-11;3-2(4,5)1(6)7/h3,5,9,12-14H,2,4,6-8H2,1H3;(H,6,7)/t12-,13-,14+;/m0./s1. The minimum Gasteiger partial charge on any atom is -0.475 e. The molecule has 2 aromatic heterocycles. The highest BCUT2D eigenvalue weighted by Crippen LogP contribution is 2.40. The molecule has 0 spiro atoms. The van der Waals surface area contributed by atoms with E-state index in [1.807, 2.05) is 6.92 Å². The van der Waals surface area contributed by atoms with Gasteiger partial charge in [0, 0.05) is 13.1 Å². The number of nitrogens with zero attached hydrogens (tertiary/aromatic N) is 3. The minimum absolute atomic E-state index is 0.0118. The molecule has 2 aliphatic heterocycles. The Morgan fingerprint density at radius 2 is 2.21 bits per heavy atom. The topological polar surface area (TPSA) is 88.7 Å². The SMILES string of the molecule is Cc1noc([C@@H]2C[C@@H]3CCN(Cc4ccsc4)C[C@H]3O2)n1.O=C(O)C(F)(F)F. The number of rotatable bonds is 3. The highest BCUT2D eigenvalue weighted by molar-refractivity contribution is 7.07. The van der Waals surface area contributed by atoms with Crippen LogP contribution in [0.4, 0.5) is 13.2 Å². The van der Waals surface area contributed by atoms with E-state index in [4.69, 9.17) is 19.2 Å². The summed E-state index contributed by atoms with van der Waals surface area (Å²) in [5, 5.41) is 15.4. The van der Waals surface area contributed by atoms with Crippen molar-refractivity contribution < 1.29 is 32.3 Å². The number of halogens is 3. The molecule has 0 unspecified atom stereocenters. The molecule has 4 rings (SSSR count). The van der Waals surface area contributed by atoms with Crippen molar-refractivity contribution in [3.05, 3.63) is 34.1 Å². The minimum atomic E-state index is -5.08. The Kier molecular flexibility index (Phi) is 6.36. The second kappa shape index (κ2) is 8.58. The maximum atomic E-state index is 10.6. The maximum Gasteiger partial charge on any atom is 0.490 e. The Balaban J connectivity index is 0.000000279. The molecule has 0 aliphatic carbocycles. The Morgan fingerprint density at radius 3 is 2.79 bits per heavy atom. The molecule has 154 valence electrons. The molecule has 0 bridgehead atoms. The molecule has 0 aromatic carbocycles. The molecule has 0 radical (unpaired) electrons. The van der Waals surface area contributed by atoms with Gasteiger partial charge in [-0.15, -0.1) is 0 Å². The number of likely N-dealkylation sites (tertiary alicyclic amines) is 1. The lowest BCUT2D eigenvalue weighted by molar-refractivity contribution is -0.192. The number of carboxylic acids is 1. The number of ether oxygens (including phenoxy) is 1. The molecule has 2 fully saturated rings. The molecule has 2 aromatic rings. The largest absolute Gasteiger partial charge is 0.490 e. The van der Waals surface area contributed by atoms with Gasteiger partial charge < -0.3 is 14.4 Å². The zero-order valence-corrected chi connectivity index (χ0v) is 15.9. The van der Waals surface area contributed by atoms with Crippen molar-refractivity contribution in [2.75, 3.05) is 13.1 Å². The first-order valence-electron chi connectivity index (χ1n) is 8.71. The second-order valence-corrected chi connectivity index (χ2v) is 7.58. The zero-order valence-electron chi connectivity index (χ0n) is 15.1. The summed E-state index contributed by atoms with van der Waals surface area (Å²) >= 11 is 1.76. The van der Waals surface area contributed by atoms with Crippen LogP contribution in [0, 0.1) is 12.8 Å². The summed E-state index contributed by atoms with van der Waals surface area (Å²) in [4.78, 5) is 15.7. The lowest BCUT2D eigenvalue weighted by atomic mass is 9.91. The van der Waals surface area contributed by atoms with E-state index in [1.54, 1.807) is 11.3 Å². The number of carbonyl (C=O) groups is 1. The molecule has 7 nitrogen and oxygen atoms in total. The third kappa shape index (κ3) is 5.30. The van der Waals surface area contributed by atoms with Gasteiger partial charge in [0.25, 0.3) is 5.89 Å². The molecular formula is C17H20F3N3O4S. The number of hydrogen-bond donors (Lipinski definition) is 1. The number of aliphatic carboxylic acids is 1. The molecular weight excluding hydrogens is 399 g/mol. The summed E-state index contributed by atoms with van der Waals surface area (Å²) in [7, 11) is 0. The summed E-state index contributed by atoms with van der Waals surface area (Å²) < 4.78 is 43.2. The van der Waals surface area contributed by atoms with E-state index in [0.717, 1.165) is 26.1 Å². The van der Waals surface area contributed by atoms with Gasteiger partial charge in [-0.25, -0.2) is 4.79 Å². The third-order valence-electron chi connectivity index (χ3n) is 4.68. The van der Waals surface area contributed by atoms with Crippen LogP contribution in [0.15, 0.2) is 21.3 Å². The fourth-order valence-corrected chi connectivity index (χ4v) is 4.04. The number of aryl methyl sites for hydroxylation is 1. The van der Waals surface area contributed by atoms with Gasteiger partial charge in [0.05, 0.1) is 6.10 Å². The van der Waals surface area contributed by atoms with Gasteiger partial charge >= 0.3 is 12.1 Å². The van der Waals surface area contributed by atoms with Crippen LogP contribution in [-0.4, -0.2) is 51.5 Å². The summed E-state index contributed by atoms with van der Waals surface area (Å²) in [6, 6.07) is 2.20. The molecule has 4 heterocycles. The van der Waals surface area contributed by atoms with Crippen LogP contribution in [0.3, 0.4) is 0 Å². The maximum absolute atomic E-state index is 10.6. The monoisotopic (exact) mass is 419 g/mol. The number of fused-ring (bicyclic) bond motifs is 1. The lowest BCUT2D eigenvalue weighted by Gasteiger charge is -2.33. The van der Waals surface area contributed by atoms with Gasteiger partial charge in [0.2, 0.25) is 0 Å². The van der Waals surface area contributed by atoms with Crippen molar-refractivity contribution in [1.29, 1.82) is 0 Å². The van der Waals surface area contributed by atoms with Crippen LogP contribution in [0.2, 0.25) is 0 Å². The quantitative estimate of drug-likeness (QED) is 0.815. The number of aromatic nitrogens is 2. The van der Waals surface area contributed by atoms with Crippen LogP contribution in [0.25, 0.3) is 0 Å². The summed E-state index contributed by atoms with van der Waals surface area (Å²) in [6.07, 6.45) is -2.59. The summed E-state index contributed by atoms with van der Waals surface area (Å²) in [5.74, 6) is -0.803. The number of piperidine rings is 1. The third-order valence-corrected chi connectivity index (χ3v) is 5.42. The van der Waals surface area contributed by atoms with Crippen LogP contribution in [0.5, 0.6) is 0 Å². The fourth-order valence-electron chi connectivity index (χ4n) is 3.38. The number of alkyl halides is 3. The highest BCUT2D eigenvalue weighted by atomic mass is 32.1. The molecule has 0 saturated carbocycles. The van der Waals surface area contributed by atoms with Crippen molar-refractivity contribution in [3.8, 4) is 0 Å². The first-order valence-corrected chi connectivity index (χ1v) is 9.66. The first kappa shape index (κ1) is 20.7. The molecule has 2 aliphatic rings. The lowest BCUT2D eigenvalue weighted by Crippen LogP contribution is -2.41. The van der Waals surface area contributed by atoms with Crippen LogP contribution >= 0.6 is 11.3 Å². The first-order chi connectivity index (χ1) is 13.2. The van der Waals surface area contributed by atoms with Crippen LogP contribution in [0.1, 0.15) is 36.2 Å². The number of thiophene rings is 1. The molecule has 3 atom stereocenters. The Labute approximate surface area is 163 Å². The summed E-state index contributed by atoms with van der Waals surface area (Å²) in [5.41, 5.74) is 1.40.